The molecule has 120 valence electrons. The number of nitrogens with one attached hydrogen (secondary N) is 1. The fourth-order valence-corrected chi connectivity index (χ4v) is 4.33. The predicted molar refractivity (Wildman–Crippen MR) is 89.7 cm³/mol. The van der Waals surface area contributed by atoms with E-state index in [2.05, 4.69) is 4.72 Å². The summed E-state index contributed by atoms with van der Waals surface area (Å²) < 4.78 is 27.4. The SMILES string of the molecule is Cc1cc(C)c(S(=O)(=O)NCC[C@H](O)c2ccsc2)cc1C. The van der Waals surface area contributed by atoms with Crippen LogP contribution >= 0.6 is 11.3 Å². The molecule has 0 saturated heterocycles. The summed E-state index contributed by atoms with van der Waals surface area (Å²) >= 11 is 1.51. The van der Waals surface area contributed by atoms with E-state index in [1.165, 1.54) is 11.3 Å². The van der Waals surface area contributed by atoms with E-state index in [9.17, 15) is 13.5 Å². The van der Waals surface area contributed by atoms with E-state index in [1.807, 2.05) is 36.7 Å². The van der Waals surface area contributed by atoms with Gasteiger partial charge in [-0.3, -0.25) is 0 Å². The van der Waals surface area contributed by atoms with Crippen LogP contribution in [0.25, 0.3) is 0 Å². The van der Waals surface area contributed by atoms with Crippen molar-refractivity contribution in [3.05, 3.63) is 51.2 Å². The van der Waals surface area contributed by atoms with E-state index >= 15 is 0 Å². The van der Waals surface area contributed by atoms with Crippen molar-refractivity contribution in [2.45, 2.75) is 38.2 Å². The van der Waals surface area contributed by atoms with Gasteiger partial charge >= 0.3 is 0 Å². The fourth-order valence-electron chi connectivity index (χ4n) is 2.26. The van der Waals surface area contributed by atoms with Crippen molar-refractivity contribution in [2.75, 3.05) is 6.54 Å². The molecule has 2 N–H and O–H groups in total. The second kappa shape index (κ2) is 6.91. The lowest BCUT2D eigenvalue weighted by Gasteiger charge is -2.13. The molecule has 0 unspecified atom stereocenters. The lowest BCUT2D eigenvalue weighted by atomic mass is 10.1. The molecular formula is C16H21NO3S2. The Bertz CT molecular complexity index is 737. The topological polar surface area (TPSA) is 66.4 Å². The number of hydrogen-bond acceptors (Lipinski definition) is 4. The van der Waals surface area contributed by atoms with Gasteiger partial charge in [0.05, 0.1) is 11.0 Å². The molecular weight excluding hydrogens is 318 g/mol. The van der Waals surface area contributed by atoms with E-state index in [-0.39, 0.29) is 6.54 Å². The molecule has 22 heavy (non-hydrogen) atoms. The molecule has 2 rings (SSSR count). The second-order valence-corrected chi connectivity index (χ2v) is 7.98. The average Bonchev–Trinajstić information content (AvgIpc) is 2.96. The third kappa shape index (κ3) is 3.95. The van der Waals surface area contributed by atoms with E-state index in [0.29, 0.717) is 11.3 Å². The minimum absolute atomic E-state index is 0.200. The number of thiophene rings is 1. The number of aliphatic hydroxyl groups excluding tert-OH is 1. The Kier molecular flexibility index (Phi) is 5.39. The van der Waals surface area contributed by atoms with Crippen LogP contribution in [0.4, 0.5) is 0 Å². The van der Waals surface area contributed by atoms with Gasteiger partial charge in [-0.25, -0.2) is 13.1 Å². The Morgan fingerprint density at radius 2 is 1.86 bits per heavy atom. The summed E-state index contributed by atoms with van der Waals surface area (Å²) in [6.07, 6.45) is -0.297. The van der Waals surface area contributed by atoms with Crippen LogP contribution in [0.15, 0.2) is 33.9 Å². The lowest BCUT2D eigenvalue weighted by molar-refractivity contribution is 0.169. The fraction of sp³-hybridized carbons (Fsp3) is 0.375. The Labute approximate surface area is 135 Å². The maximum absolute atomic E-state index is 12.4. The Morgan fingerprint density at radius 1 is 1.18 bits per heavy atom. The molecule has 1 atom stereocenters. The van der Waals surface area contributed by atoms with Crippen LogP contribution in [0.1, 0.15) is 34.8 Å². The number of sulfonamides is 1. The maximum atomic E-state index is 12.4. The average molecular weight is 339 g/mol. The van der Waals surface area contributed by atoms with Crippen LogP contribution in [0, 0.1) is 20.8 Å². The zero-order valence-electron chi connectivity index (χ0n) is 13.0. The highest BCUT2D eigenvalue weighted by atomic mass is 32.2. The highest BCUT2D eigenvalue weighted by Gasteiger charge is 2.18. The molecule has 0 aliphatic heterocycles. The first-order valence-corrected chi connectivity index (χ1v) is 9.51. The molecule has 0 saturated carbocycles. The Balaban J connectivity index is 2.04. The minimum Gasteiger partial charge on any atom is -0.388 e. The number of rotatable bonds is 6. The van der Waals surface area contributed by atoms with Crippen LogP contribution in [0.3, 0.4) is 0 Å². The first kappa shape index (κ1) is 17.1. The largest absolute Gasteiger partial charge is 0.388 e. The molecule has 1 aromatic carbocycles. The van der Waals surface area contributed by atoms with Crippen LogP contribution in [0.2, 0.25) is 0 Å². The van der Waals surface area contributed by atoms with Crippen molar-refractivity contribution in [2.24, 2.45) is 0 Å². The third-order valence-corrected chi connectivity index (χ3v) is 6.02. The van der Waals surface area contributed by atoms with Gasteiger partial charge in [-0.15, -0.1) is 0 Å². The molecule has 6 heteroatoms. The van der Waals surface area contributed by atoms with E-state index in [1.54, 1.807) is 13.0 Å². The van der Waals surface area contributed by atoms with Crippen molar-refractivity contribution in [3.63, 3.8) is 0 Å². The lowest BCUT2D eigenvalue weighted by Crippen LogP contribution is -2.26. The molecule has 2 aromatic rings. The molecule has 0 spiro atoms. The summed E-state index contributed by atoms with van der Waals surface area (Å²) in [5, 5.41) is 13.7. The minimum atomic E-state index is -3.55. The van der Waals surface area contributed by atoms with Crippen LogP contribution in [-0.4, -0.2) is 20.1 Å². The van der Waals surface area contributed by atoms with E-state index < -0.39 is 16.1 Å². The molecule has 1 heterocycles. The normalized spacial score (nSPS) is 13.3. The summed E-state index contributed by atoms with van der Waals surface area (Å²) in [5.41, 5.74) is 3.58. The highest BCUT2D eigenvalue weighted by Crippen LogP contribution is 2.21. The summed E-state index contributed by atoms with van der Waals surface area (Å²) in [6.45, 7) is 5.85. The highest BCUT2D eigenvalue weighted by molar-refractivity contribution is 7.89. The van der Waals surface area contributed by atoms with Crippen LogP contribution in [-0.2, 0) is 10.0 Å². The molecule has 0 aliphatic carbocycles. The van der Waals surface area contributed by atoms with Crippen molar-refractivity contribution < 1.29 is 13.5 Å². The monoisotopic (exact) mass is 339 g/mol. The molecule has 0 aliphatic rings. The van der Waals surface area contributed by atoms with Crippen molar-refractivity contribution >= 4 is 21.4 Å². The van der Waals surface area contributed by atoms with Gasteiger partial charge in [0.15, 0.2) is 0 Å². The molecule has 0 bridgehead atoms. The Hall–Kier alpha value is -1.21. The maximum Gasteiger partial charge on any atom is 0.240 e. The third-order valence-electron chi connectivity index (χ3n) is 3.72. The first-order chi connectivity index (χ1) is 10.3. The first-order valence-electron chi connectivity index (χ1n) is 7.09. The molecule has 0 amide bonds. The van der Waals surface area contributed by atoms with Crippen molar-refractivity contribution in [1.29, 1.82) is 0 Å². The summed E-state index contributed by atoms with van der Waals surface area (Å²) in [4.78, 5) is 0.306. The molecule has 0 fully saturated rings. The quantitative estimate of drug-likeness (QED) is 0.850. The summed E-state index contributed by atoms with van der Waals surface area (Å²) in [7, 11) is -3.55. The molecule has 4 nitrogen and oxygen atoms in total. The van der Waals surface area contributed by atoms with Gasteiger partial charge in [0.2, 0.25) is 10.0 Å². The van der Waals surface area contributed by atoms with Gasteiger partial charge in [0.1, 0.15) is 0 Å². The zero-order valence-corrected chi connectivity index (χ0v) is 14.6. The number of benzene rings is 1. The van der Waals surface area contributed by atoms with Gasteiger partial charge < -0.3 is 5.11 Å². The van der Waals surface area contributed by atoms with Crippen molar-refractivity contribution in [3.8, 4) is 0 Å². The van der Waals surface area contributed by atoms with E-state index in [4.69, 9.17) is 0 Å². The predicted octanol–water partition coefficient (Wildman–Crippen LogP) is 3.08. The van der Waals surface area contributed by atoms with Gasteiger partial charge in [0, 0.05) is 6.54 Å². The summed E-state index contributed by atoms with van der Waals surface area (Å²) in [6, 6.07) is 5.42. The van der Waals surface area contributed by atoms with Crippen molar-refractivity contribution in [1.82, 2.24) is 4.72 Å². The smallest absolute Gasteiger partial charge is 0.240 e. The van der Waals surface area contributed by atoms with Gasteiger partial charge in [-0.2, -0.15) is 11.3 Å². The number of aliphatic hydroxyl groups is 1. The second-order valence-electron chi connectivity index (χ2n) is 5.46. The number of hydrogen-bond donors (Lipinski definition) is 2. The van der Waals surface area contributed by atoms with Crippen LogP contribution < -0.4 is 4.72 Å². The standard InChI is InChI=1S/C16H21NO3S2/c1-11-8-13(3)16(9-12(11)2)22(19,20)17-6-4-15(18)14-5-7-21-10-14/h5,7-10,15,17-18H,4,6H2,1-3H3/t15-/m0/s1. The Morgan fingerprint density at radius 3 is 2.50 bits per heavy atom. The summed E-state index contributed by atoms with van der Waals surface area (Å²) in [5.74, 6) is 0. The van der Waals surface area contributed by atoms with Gasteiger partial charge in [0.25, 0.3) is 0 Å². The molecule has 1 aromatic heterocycles. The van der Waals surface area contributed by atoms with Gasteiger partial charge in [-0.1, -0.05) is 6.07 Å². The molecule has 0 radical (unpaired) electrons. The van der Waals surface area contributed by atoms with E-state index in [0.717, 1.165) is 22.3 Å². The zero-order chi connectivity index (χ0) is 16.3. The van der Waals surface area contributed by atoms with Gasteiger partial charge in [-0.05, 0) is 72.3 Å². The number of aryl methyl sites for hydroxylation is 3. The van der Waals surface area contributed by atoms with Crippen LogP contribution in [0.5, 0.6) is 0 Å².